The zero-order chi connectivity index (χ0) is 21.0. The lowest BCUT2D eigenvalue weighted by Gasteiger charge is -2.58. The van der Waals surface area contributed by atoms with Crippen LogP contribution in [-0.4, -0.2) is 28.4 Å². The molecular formula is C25H26FNO3. The average Bonchev–Trinajstić information content (AvgIpc) is 2.69. The van der Waals surface area contributed by atoms with Gasteiger partial charge in [0.1, 0.15) is 5.82 Å². The van der Waals surface area contributed by atoms with E-state index in [4.69, 9.17) is 0 Å². The molecule has 0 aromatic heterocycles. The number of aliphatic hydroxyl groups is 1. The van der Waals surface area contributed by atoms with Crippen molar-refractivity contribution in [1.29, 1.82) is 0 Å². The van der Waals surface area contributed by atoms with Crippen molar-refractivity contribution in [3.05, 3.63) is 70.5 Å². The van der Waals surface area contributed by atoms with E-state index >= 15 is 0 Å². The largest absolute Gasteiger partial charge is 0.390 e. The molecule has 2 aromatic carbocycles. The summed E-state index contributed by atoms with van der Waals surface area (Å²) in [6.45, 7) is 1.80. The minimum atomic E-state index is -0.550. The molecule has 1 amide bonds. The number of carbonyl (C=O) groups is 2. The van der Waals surface area contributed by atoms with E-state index in [0.29, 0.717) is 34.4 Å². The second-order valence-corrected chi connectivity index (χ2v) is 9.53. The van der Waals surface area contributed by atoms with Crippen LogP contribution in [0.3, 0.4) is 0 Å². The number of halogens is 1. The van der Waals surface area contributed by atoms with Crippen molar-refractivity contribution in [2.24, 2.45) is 17.8 Å². The van der Waals surface area contributed by atoms with Crippen molar-refractivity contribution in [2.45, 2.75) is 50.7 Å². The summed E-state index contributed by atoms with van der Waals surface area (Å²) in [5.74, 6) is 0.190. The molecule has 30 heavy (non-hydrogen) atoms. The summed E-state index contributed by atoms with van der Waals surface area (Å²) in [6, 6.07) is 10.9. The van der Waals surface area contributed by atoms with E-state index in [-0.39, 0.29) is 17.5 Å². The predicted molar refractivity (Wildman–Crippen MR) is 111 cm³/mol. The van der Waals surface area contributed by atoms with Crippen LogP contribution in [0.25, 0.3) is 0 Å². The summed E-state index contributed by atoms with van der Waals surface area (Å²) in [7, 11) is 0. The first kappa shape index (κ1) is 19.4. The topological polar surface area (TPSA) is 66.4 Å². The molecule has 4 aliphatic rings. The van der Waals surface area contributed by atoms with Crippen LogP contribution in [0.4, 0.5) is 4.39 Å². The van der Waals surface area contributed by atoms with Gasteiger partial charge < -0.3 is 10.4 Å². The van der Waals surface area contributed by atoms with Crippen LogP contribution < -0.4 is 5.32 Å². The van der Waals surface area contributed by atoms with E-state index < -0.39 is 17.2 Å². The smallest absolute Gasteiger partial charge is 0.251 e. The zero-order valence-corrected chi connectivity index (χ0v) is 17.0. The highest BCUT2D eigenvalue weighted by atomic mass is 19.1. The van der Waals surface area contributed by atoms with Gasteiger partial charge in [-0.3, -0.25) is 9.59 Å². The molecule has 0 aliphatic heterocycles. The van der Waals surface area contributed by atoms with E-state index in [2.05, 4.69) is 5.32 Å². The highest BCUT2D eigenvalue weighted by Crippen LogP contribution is 2.55. The molecule has 2 unspecified atom stereocenters. The molecule has 2 N–H and O–H groups in total. The molecule has 4 fully saturated rings. The molecular weight excluding hydrogens is 381 g/mol. The minimum Gasteiger partial charge on any atom is -0.390 e. The first-order chi connectivity index (χ1) is 14.3. The molecule has 2 aromatic rings. The van der Waals surface area contributed by atoms with Crippen molar-refractivity contribution in [2.75, 3.05) is 0 Å². The molecule has 0 spiro atoms. The normalized spacial score (nSPS) is 31.6. The van der Waals surface area contributed by atoms with Crippen molar-refractivity contribution < 1.29 is 19.1 Å². The summed E-state index contributed by atoms with van der Waals surface area (Å²) in [5, 5.41) is 14.0. The maximum atomic E-state index is 14.0. The van der Waals surface area contributed by atoms with Gasteiger partial charge in [-0.1, -0.05) is 18.2 Å². The Morgan fingerprint density at radius 2 is 1.73 bits per heavy atom. The SMILES string of the molecule is Cc1cc(C(=O)c2ccccc2F)ccc1C(=O)N[C@H]1C2CC3CC1C[C@](O)(C3)C2. The molecule has 4 nitrogen and oxygen atoms in total. The van der Waals surface area contributed by atoms with Gasteiger partial charge in [-0.05, 0) is 86.6 Å². The highest BCUT2D eigenvalue weighted by Gasteiger charge is 2.55. The first-order valence-corrected chi connectivity index (χ1v) is 10.8. The van der Waals surface area contributed by atoms with Crippen molar-refractivity contribution in [1.82, 2.24) is 5.32 Å². The van der Waals surface area contributed by atoms with Gasteiger partial charge in [0.25, 0.3) is 5.91 Å². The summed E-state index contributed by atoms with van der Waals surface area (Å²) < 4.78 is 14.0. The number of rotatable bonds is 4. The number of benzene rings is 2. The Balaban J connectivity index is 1.33. The van der Waals surface area contributed by atoms with Crippen LogP contribution in [0.2, 0.25) is 0 Å². The molecule has 0 radical (unpaired) electrons. The minimum absolute atomic E-state index is 0.0284. The molecule has 0 saturated heterocycles. The average molecular weight is 407 g/mol. The van der Waals surface area contributed by atoms with Gasteiger partial charge in [-0.25, -0.2) is 4.39 Å². The van der Waals surface area contributed by atoms with Gasteiger partial charge in [-0.15, -0.1) is 0 Å². The molecule has 0 heterocycles. The van der Waals surface area contributed by atoms with Crippen LogP contribution in [0.5, 0.6) is 0 Å². The van der Waals surface area contributed by atoms with Crippen molar-refractivity contribution in [3.63, 3.8) is 0 Å². The van der Waals surface area contributed by atoms with Crippen LogP contribution in [0.15, 0.2) is 42.5 Å². The van der Waals surface area contributed by atoms with Crippen LogP contribution in [-0.2, 0) is 0 Å². The second-order valence-electron chi connectivity index (χ2n) is 9.53. The van der Waals surface area contributed by atoms with Crippen molar-refractivity contribution >= 4 is 11.7 Å². The Hall–Kier alpha value is -2.53. The van der Waals surface area contributed by atoms with Gasteiger partial charge in [0.15, 0.2) is 5.78 Å². The lowest BCUT2D eigenvalue weighted by Crippen LogP contribution is -2.61. The second kappa shape index (κ2) is 7.02. The fraction of sp³-hybridized carbons (Fsp3) is 0.440. The summed E-state index contributed by atoms with van der Waals surface area (Å²) in [6.07, 6.45) is 4.63. The van der Waals surface area contributed by atoms with E-state index in [1.165, 1.54) is 12.1 Å². The third kappa shape index (κ3) is 3.25. The van der Waals surface area contributed by atoms with Crippen molar-refractivity contribution in [3.8, 4) is 0 Å². The Morgan fingerprint density at radius 1 is 1.03 bits per heavy atom. The fourth-order valence-electron chi connectivity index (χ4n) is 6.31. The van der Waals surface area contributed by atoms with Gasteiger partial charge >= 0.3 is 0 Å². The summed E-state index contributed by atoms with van der Waals surface area (Å²) in [5.41, 5.74) is 1.10. The molecule has 5 heteroatoms. The van der Waals surface area contributed by atoms with E-state index in [0.717, 1.165) is 32.1 Å². The molecule has 2 atom stereocenters. The number of aryl methyl sites for hydroxylation is 1. The maximum Gasteiger partial charge on any atom is 0.251 e. The number of ketones is 1. The number of carbonyl (C=O) groups excluding carboxylic acids is 2. The Labute approximate surface area is 175 Å². The van der Waals surface area contributed by atoms with Crippen LogP contribution in [0, 0.1) is 30.5 Å². The number of hydrogen-bond acceptors (Lipinski definition) is 3. The number of amides is 1. The zero-order valence-electron chi connectivity index (χ0n) is 17.0. The van der Waals surface area contributed by atoms with Gasteiger partial charge in [0, 0.05) is 17.2 Å². The van der Waals surface area contributed by atoms with E-state index in [1.807, 2.05) is 0 Å². The van der Waals surface area contributed by atoms with Crippen LogP contribution >= 0.6 is 0 Å². The predicted octanol–water partition coefficient (Wildman–Crippen LogP) is 4.03. The highest BCUT2D eigenvalue weighted by molar-refractivity contribution is 6.09. The molecule has 156 valence electrons. The Morgan fingerprint density at radius 3 is 2.37 bits per heavy atom. The third-order valence-corrected chi connectivity index (χ3v) is 7.39. The molecule has 4 saturated carbocycles. The number of nitrogens with one attached hydrogen (secondary N) is 1. The molecule has 6 rings (SSSR count). The summed E-state index contributed by atoms with van der Waals surface area (Å²) >= 11 is 0. The summed E-state index contributed by atoms with van der Waals surface area (Å²) in [4.78, 5) is 25.7. The molecule has 4 aliphatic carbocycles. The van der Waals surface area contributed by atoms with Gasteiger partial charge in [0.2, 0.25) is 0 Å². The Bertz CT molecular complexity index is 1020. The quantitative estimate of drug-likeness (QED) is 0.752. The lowest BCUT2D eigenvalue weighted by atomic mass is 9.52. The Kier molecular flexibility index (Phi) is 4.55. The van der Waals surface area contributed by atoms with Gasteiger partial charge in [0.05, 0.1) is 11.2 Å². The van der Waals surface area contributed by atoms with Gasteiger partial charge in [-0.2, -0.15) is 0 Å². The van der Waals surface area contributed by atoms with E-state index in [1.54, 1.807) is 37.3 Å². The maximum absolute atomic E-state index is 14.0. The monoisotopic (exact) mass is 407 g/mol. The number of hydrogen-bond donors (Lipinski definition) is 2. The third-order valence-electron chi connectivity index (χ3n) is 7.39. The lowest BCUT2D eigenvalue weighted by molar-refractivity contribution is -0.136. The van der Waals surface area contributed by atoms with Crippen LogP contribution in [0.1, 0.15) is 63.9 Å². The fourth-order valence-corrected chi connectivity index (χ4v) is 6.31. The first-order valence-electron chi connectivity index (χ1n) is 10.8. The van der Waals surface area contributed by atoms with E-state index in [9.17, 15) is 19.1 Å². The standard InChI is InChI=1S/C25H26FNO3/c1-14-8-16(23(28)20-4-2-3-5-21(20)26)6-7-19(14)24(29)27-22-17-9-15-10-18(22)13-25(30,11-15)12-17/h2-8,15,17-18,22,30H,9-13H2,1H3,(H,27,29)/t15?,17?,18?,22-,25-. The molecule has 4 bridgehead atoms.